The van der Waals surface area contributed by atoms with Crippen molar-refractivity contribution >= 4 is 46.6 Å². The first-order valence-electron chi connectivity index (χ1n) is 9.55. The highest BCUT2D eigenvalue weighted by atomic mass is 35.5. The lowest BCUT2D eigenvalue weighted by Crippen LogP contribution is -2.17. The van der Waals surface area contributed by atoms with Crippen LogP contribution in [0.15, 0.2) is 53.7 Å². The number of para-hydroxylation sites is 1. The normalized spacial score (nSPS) is 11.0. The zero-order valence-electron chi connectivity index (χ0n) is 17.2. The Bertz CT molecular complexity index is 1290. The van der Waals surface area contributed by atoms with Gasteiger partial charge in [-0.1, -0.05) is 53.2 Å². The van der Waals surface area contributed by atoms with Crippen molar-refractivity contribution in [1.29, 1.82) is 0 Å². The molecule has 0 aliphatic rings. The number of nitrogen functional groups attached to an aromatic ring is 1. The SMILES string of the molecule is Cc1nn(-c2ccccc2)c(C)c1NC(=O)CSc1nnc(-c2ccc(Cl)cc2Cl)n1N. The molecule has 0 atom stereocenters. The number of aryl methyl sites for hydroxylation is 1. The Balaban J connectivity index is 1.45. The summed E-state index contributed by atoms with van der Waals surface area (Å²) in [5, 5.41) is 17.0. The van der Waals surface area contributed by atoms with Gasteiger partial charge in [0, 0.05) is 10.6 Å². The van der Waals surface area contributed by atoms with Crippen molar-refractivity contribution in [2.45, 2.75) is 19.0 Å². The second kappa shape index (κ2) is 9.23. The molecule has 32 heavy (non-hydrogen) atoms. The minimum absolute atomic E-state index is 0.0963. The number of benzene rings is 2. The highest BCUT2D eigenvalue weighted by molar-refractivity contribution is 7.99. The molecule has 164 valence electrons. The molecule has 0 unspecified atom stereocenters. The molecule has 0 aliphatic carbocycles. The van der Waals surface area contributed by atoms with Crippen molar-refractivity contribution in [1.82, 2.24) is 24.7 Å². The molecule has 8 nitrogen and oxygen atoms in total. The summed E-state index contributed by atoms with van der Waals surface area (Å²) >= 11 is 13.4. The third-order valence-corrected chi connectivity index (χ3v) is 6.22. The summed E-state index contributed by atoms with van der Waals surface area (Å²) in [7, 11) is 0. The average molecular weight is 488 g/mol. The predicted octanol–water partition coefficient (Wildman–Crippen LogP) is 4.50. The Morgan fingerprint density at radius 1 is 1.12 bits per heavy atom. The fourth-order valence-electron chi connectivity index (χ4n) is 3.18. The Kier molecular flexibility index (Phi) is 6.40. The monoisotopic (exact) mass is 487 g/mol. The standard InChI is InChI=1S/C21H19Cl2N7OS/c1-12-19(13(2)30(28-12)15-6-4-3-5-7-15)25-18(31)11-32-21-27-26-20(29(21)24)16-9-8-14(22)10-17(16)23/h3-10H,11,24H2,1-2H3,(H,25,31). The van der Waals surface area contributed by atoms with Gasteiger partial charge in [0.15, 0.2) is 5.82 Å². The molecule has 0 saturated heterocycles. The molecule has 2 aromatic carbocycles. The molecule has 4 aromatic rings. The van der Waals surface area contributed by atoms with E-state index in [0.717, 1.165) is 17.1 Å². The lowest BCUT2D eigenvalue weighted by molar-refractivity contribution is -0.113. The molecule has 11 heteroatoms. The van der Waals surface area contributed by atoms with E-state index in [9.17, 15) is 4.79 Å². The number of nitrogens with two attached hydrogens (primary N) is 1. The zero-order chi connectivity index (χ0) is 22.8. The summed E-state index contributed by atoms with van der Waals surface area (Å²) in [4.78, 5) is 12.6. The first kappa shape index (κ1) is 22.2. The number of hydrogen-bond acceptors (Lipinski definition) is 6. The van der Waals surface area contributed by atoms with Gasteiger partial charge in [-0.3, -0.25) is 4.79 Å². The van der Waals surface area contributed by atoms with Crippen molar-refractivity contribution in [2.24, 2.45) is 0 Å². The second-order valence-electron chi connectivity index (χ2n) is 6.93. The van der Waals surface area contributed by atoms with Crippen LogP contribution >= 0.6 is 35.0 Å². The minimum atomic E-state index is -0.206. The highest BCUT2D eigenvalue weighted by Gasteiger charge is 2.18. The van der Waals surface area contributed by atoms with Crippen molar-refractivity contribution in [3.63, 3.8) is 0 Å². The molecule has 0 aliphatic heterocycles. The molecule has 3 N–H and O–H groups in total. The maximum absolute atomic E-state index is 12.6. The Morgan fingerprint density at radius 3 is 2.59 bits per heavy atom. The maximum atomic E-state index is 12.6. The Morgan fingerprint density at radius 2 is 1.88 bits per heavy atom. The molecule has 1 amide bonds. The lowest BCUT2D eigenvalue weighted by atomic mass is 10.2. The van der Waals surface area contributed by atoms with E-state index in [1.165, 1.54) is 16.4 Å². The van der Waals surface area contributed by atoms with Gasteiger partial charge in [-0.05, 0) is 44.2 Å². The van der Waals surface area contributed by atoms with Crippen LogP contribution in [0, 0.1) is 13.8 Å². The number of rotatable bonds is 6. The molecule has 2 heterocycles. The van der Waals surface area contributed by atoms with Crippen molar-refractivity contribution in [3.05, 3.63) is 70.0 Å². The number of thioether (sulfide) groups is 1. The molecular weight excluding hydrogens is 469 g/mol. The van der Waals surface area contributed by atoms with Crippen molar-refractivity contribution in [2.75, 3.05) is 16.9 Å². The summed E-state index contributed by atoms with van der Waals surface area (Å²) in [5.74, 6) is 6.40. The summed E-state index contributed by atoms with van der Waals surface area (Å²) in [6.45, 7) is 3.77. The van der Waals surface area contributed by atoms with E-state index in [2.05, 4.69) is 20.6 Å². The molecular formula is C21H19Cl2N7OS. The van der Waals surface area contributed by atoms with Crippen LogP contribution in [0.4, 0.5) is 5.69 Å². The first-order chi connectivity index (χ1) is 15.3. The van der Waals surface area contributed by atoms with E-state index in [-0.39, 0.29) is 11.7 Å². The van der Waals surface area contributed by atoms with Gasteiger partial charge >= 0.3 is 0 Å². The van der Waals surface area contributed by atoms with Crippen LogP contribution in [0.25, 0.3) is 17.1 Å². The number of halogens is 2. The molecule has 0 radical (unpaired) electrons. The molecule has 0 saturated carbocycles. The van der Waals surface area contributed by atoms with Gasteiger partial charge in [0.05, 0.1) is 33.5 Å². The summed E-state index contributed by atoms with van der Waals surface area (Å²) < 4.78 is 3.10. The van der Waals surface area contributed by atoms with Crippen LogP contribution in [0.5, 0.6) is 0 Å². The fraction of sp³-hybridized carbons (Fsp3) is 0.143. The van der Waals surface area contributed by atoms with Crippen molar-refractivity contribution < 1.29 is 4.79 Å². The molecule has 0 spiro atoms. The first-order valence-corrected chi connectivity index (χ1v) is 11.3. The van der Waals surface area contributed by atoms with E-state index in [0.29, 0.717) is 32.3 Å². The van der Waals surface area contributed by atoms with Gasteiger partial charge in [0.25, 0.3) is 0 Å². The van der Waals surface area contributed by atoms with Crippen molar-refractivity contribution in [3.8, 4) is 17.1 Å². The number of aromatic nitrogens is 5. The molecule has 0 fully saturated rings. The van der Waals surface area contributed by atoms with E-state index in [1.807, 2.05) is 44.2 Å². The Labute approximate surface area is 198 Å². The molecule has 2 aromatic heterocycles. The van der Waals surface area contributed by atoms with Gasteiger partial charge in [0.1, 0.15) is 0 Å². The number of carbonyl (C=O) groups excluding carboxylic acids is 1. The van der Waals surface area contributed by atoms with Crippen LogP contribution in [-0.4, -0.2) is 36.3 Å². The minimum Gasteiger partial charge on any atom is -0.335 e. The summed E-state index contributed by atoms with van der Waals surface area (Å²) in [6, 6.07) is 14.8. The highest BCUT2D eigenvalue weighted by Crippen LogP contribution is 2.30. The number of carbonyl (C=O) groups is 1. The predicted molar refractivity (Wildman–Crippen MR) is 128 cm³/mol. The maximum Gasteiger partial charge on any atom is 0.234 e. The molecule has 0 bridgehead atoms. The largest absolute Gasteiger partial charge is 0.335 e. The van der Waals surface area contributed by atoms with Gasteiger partial charge < -0.3 is 11.2 Å². The van der Waals surface area contributed by atoms with Crippen LogP contribution in [0.1, 0.15) is 11.4 Å². The lowest BCUT2D eigenvalue weighted by Gasteiger charge is -2.07. The second-order valence-corrected chi connectivity index (χ2v) is 8.72. The van der Waals surface area contributed by atoms with E-state index >= 15 is 0 Å². The third-order valence-electron chi connectivity index (χ3n) is 4.73. The van der Waals surface area contributed by atoms with Crippen LogP contribution < -0.4 is 11.2 Å². The topological polar surface area (TPSA) is 104 Å². The summed E-state index contributed by atoms with van der Waals surface area (Å²) in [5.41, 5.74) is 3.77. The van der Waals surface area contributed by atoms with E-state index in [4.69, 9.17) is 29.0 Å². The Hall–Kier alpha value is -3.01. The number of amides is 1. The van der Waals surface area contributed by atoms with E-state index in [1.54, 1.807) is 22.9 Å². The van der Waals surface area contributed by atoms with Gasteiger partial charge in [-0.25, -0.2) is 9.36 Å². The van der Waals surface area contributed by atoms with Gasteiger partial charge in [0.2, 0.25) is 11.1 Å². The number of hydrogen-bond donors (Lipinski definition) is 2. The number of nitrogens with zero attached hydrogens (tertiary/aromatic N) is 5. The van der Waals surface area contributed by atoms with Crippen LogP contribution in [0.2, 0.25) is 10.0 Å². The van der Waals surface area contributed by atoms with Gasteiger partial charge in [-0.2, -0.15) is 5.10 Å². The van der Waals surface area contributed by atoms with Crippen LogP contribution in [-0.2, 0) is 4.79 Å². The fourth-order valence-corrected chi connectivity index (χ4v) is 4.33. The van der Waals surface area contributed by atoms with E-state index < -0.39 is 0 Å². The molecule has 4 rings (SSSR count). The zero-order valence-corrected chi connectivity index (χ0v) is 19.5. The third kappa shape index (κ3) is 4.45. The smallest absolute Gasteiger partial charge is 0.234 e. The summed E-state index contributed by atoms with van der Waals surface area (Å²) in [6.07, 6.45) is 0. The quantitative estimate of drug-likeness (QED) is 0.306. The number of anilines is 1. The average Bonchev–Trinajstić information content (AvgIpc) is 3.27. The number of nitrogens with one attached hydrogen (secondary N) is 1. The van der Waals surface area contributed by atoms with Gasteiger partial charge in [-0.15, -0.1) is 10.2 Å². The van der Waals surface area contributed by atoms with Crippen LogP contribution in [0.3, 0.4) is 0 Å².